The van der Waals surface area contributed by atoms with E-state index in [1.54, 1.807) is 24.8 Å². The van der Waals surface area contributed by atoms with Crippen molar-refractivity contribution < 1.29 is 31.2 Å². The van der Waals surface area contributed by atoms with Crippen LogP contribution < -0.4 is 14.5 Å². The van der Waals surface area contributed by atoms with Gasteiger partial charge in [-0.2, -0.15) is 4.31 Å². The molecular formula is C45H48N10O7S2. The van der Waals surface area contributed by atoms with Gasteiger partial charge < -0.3 is 4.74 Å². The number of carbonyl (C=O) groups excluding carboxylic acids is 2. The van der Waals surface area contributed by atoms with Gasteiger partial charge in [0, 0.05) is 69.0 Å². The average Bonchev–Trinajstić information content (AvgIpc) is 3.61. The SMILES string of the molecule is CNS(=O)(=O)c1cncc(N2C(=O)C(C)(C)c3ccc(-c4cnc(C)nc4)cc32)c1.COCCN(C)S(=O)(=O)c1cncc(N2C(=O)C(C)(C)c3ccc(-c4cnc(C)nc4)cc32)c1. The maximum absolute atomic E-state index is 13.5. The summed E-state index contributed by atoms with van der Waals surface area (Å²) in [5, 5.41) is 0. The average molecular weight is 905 g/mol. The van der Waals surface area contributed by atoms with E-state index in [1.807, 2.05) is 77.9 Å². The van der Waals surface area contributed by atoms with Crippen LogP contribution in [0.4, 0.5) is 22.7 Å². The van der Waals surface area contributed by atoms with Gasteiger partial charge in [0.1, 0.15) is 21.4 Å². The Morgan fingerprint density at radius 2 is 1.05 bits per heavy atom. The Balaban J connectivity index is 0.000000193. The molecule has 0 fully saturated rings. The van der Waals surface area contributed by atoms with Crippen LogP contribution in [0.15, 0.2) is 108 Å². The Morgan fingerprint density at radius 1 is 0.625 bits per heavy atom. The molecule has 17 nitrogen and oxygen atoms in total. The molecule has 0 aliphatic carbocycles. The second-order valence-corrected chi connectivity index (χ2v) is 20.2. The standard InChI is InChI=1S/C24H27N5O4S.C21H21N5O3S/c1-16-26-12-18(13-27-16)17-6-7-21-22(10-17)29(23(30)24(21,2)3)19-11-20(15-25-14-19)34(31,32)28(4)8-9-33-5;1-13-24-9-15(10-25-13)14-5-6-18-19(7-14)26(20(27)21(18,2)3)16-8-17(12-23-11-16)30(28,29)22-4/h6-7,10-15H,8-9H2,1-5H3;5-12,22H,1-4H3. The molecule has 64 heavy (non-hydrogen) atoms. The molecule has 332 valence electrons. The van der Waals surface area contributed by atoms with E-state index in [0.717, 1.165) is 33.4 Å². The van der Waals surface area contributed by atoms with Gasteiger partial charge in [-0.3, -0.25) is 29.4 Å². The molecule has 8 rings (SSSR count). The van der Waals surface area contributed by atoms with Crippen LogP contribution >= 0.6 is 0 Å². The molecule has 0 bridgehead atoms. The number of hydrogen-bond donors (Lipinski definition) is 1. The molecule has 1 N–H and O–H groups in total. The van der Waals surface area contributed by atoms with Gasteiger partial charge in [-0.1, -0.05) is 24.3 Å². The van der Waals surface area contributed by atoms with E-state index in [1.165, 1.54) is 72.2 Å². The minimum Gasteiger partial charge on any atom is -0.383 e. The highest BCUT2D eigenvalue weighted by molar-refractivity contribution is 7.89. The maximum atomic E-state index is 13.5. The summed E-state index contributed by atoms with van der Waals surface area (Å²) in [5.41, 5.74) is 5.63. The summed E-state index contributed by atoms with van der Waals surface area (Å²) >= 11 is 0. The van der Waals surface area contributed by atoms with Gasteiger partial charge in [0.2, 0.25) is 31.9 Å². The molecule has 0 spiro atoms. The van der Waals surface area contributed by atoms with Crippen molar-refractivity contribution in [2.75, 3.05) is 44.2 Å². The zero-order chi connectivity index (χ0) is 46.4. The first-order chi connectivity index (χ1) is 30.2. The molecular weight excluding hydrogens is 857 g/mol. The number of aromatic nitrogens is 6. The topological polar surface area (TPSA) is 211 Å². The number of carbonyl (C=O) groups is 2. The van der Waals surface area contributed by atoms with E-state index in [0.29, 0.717) is 34.4 Å². The van der Waals surface area contributed by atoms with Crippen LogP contribution in [0.5, 0.6) is 0 Å². The number of benzene rings is 2. The minimum absolute atomic E-state index is 0.00532. The van der Waals surface area contributed by atoms with E-state index in [4.69, 9.17) is 4.74 Å². The summed E-state index contributed by atoms with van der Waals surface area (Å²) in [6.45, 7) is 11.5. The summed E-state index contributed by atoms with van der Waals surface area (Å²) in [5.74, 6) is 1.02. The summed E-state index contributed by atoms with van der Waals surface area (Å²) < 4.78 is 59.0. The minimum atomic E-state index is -3.81. The van der Waals surface area contributed by atoms with Gasteiger partial charge in [0.05, 0.1) is 52.6 Å². The zero-order valence-corrected chi connectivity index (χ0v) is 38.5. The van der Waals surface area contributed by atoms with Gasteiger partial charge in [-0.05, 0) is 95.1 Å². The van der Waals surface area contributed by atoms with Crippen molar-refractivity contribution in [3.05, 3.63) is 121 Å². The van der Waals surface area contributed by atoms with Crippen LogP contribution in [0.3, 0.4) is 0 Å². The second kappa shape index (κ2) is 17.3. The number of anilines is 4. The molecule has 0 saturated heterocycles. The van der Waals surface area contributed by atoms with Gasteiger partial charge in [0.25, 0.3) is 0 Å². The van der Waals surface area contributed by atoms with Crippen LogP contribution in [0.1, 0.15) is 50.5 Å². The number of nitrogens with one attached hydrogen (secondary N) is 1. The van der Waals surface area contributed by atoms with Gasteiger partial charge in [0.15, 0.2) is 0 Å². The number of hydrogen-bond acceptors (Lipinski definition) is 13. The number of rotatable bonds is 11. The fourth-order valence-corrected chi connectivity index (χ4v) is 9.29. The molecule has 0 radical (unpaired) electrons. The third kappa shape index (κ3) is 8.39. The predicted octanol–water partition coefficient (Wildman–Crippen LogP) is 5.78. The lowest BCUT2D eigenvalue weighted by molar-refractivity contribution is -0.122. The van der Waals surface area contributed by atoms with E-state index in [9.17, 15) is 26.4 Å². The number of likely N-dealkylation sites (N-methyl/N-ethyl adjacent to an activating group) is 1. The van der Waals surface area contributed by atoms with Crippen molar-refractivity contribution in [1.29, 1.82) is 0 Å². The Morgan fingerprint density at radius 3 is 1.47 bits per heavy atom. The summed E-state index contributed by atoms with van der Waals surface area (Å²) in [4.78, 5) is 55.1. The van der Waals surface area contributed by atoms with E-state index in [-0.39, 0.29) is 34.8 Å². The van der Waals surface area contributed by atoms with Crippen molar-refractivity contribution in [2.45, 2.75) is 62.2 Å². The molecule has 4 aromatic heterocycles. The van der Waals surface area contributed by atoms with Gasteiger partial charge in [-0.15, -0.1) is 0 Å². The largest absolute Gasteiger partial charge is 0.383 e. The van der Waals surface area contributed by atoms with Crippen molar-refractivity contribution >= 4 is 54.6 Å². The molecule has 6 heterocycles. The maximum Gasteiger partial charge on any atom is 0.244 e. The molecule has 2 aromatic carbocycles. The summed E-state index contributed by atoms with van der Waals surface area (Å²) in [6.07, 6.45) is 12.5. The number of pyridine rings is 2. The first-order valence-electron chi connectivity index (χ1n) is 20.1. The van der Waals surface area contributed by atoms with E-state index < -0.39 is 30.9 Å². The van der Waals surface area contributed by atoms with Crippen molar-refractivity contribution in [3.8, 4) is 22.3 Å². The van der Waals surface area contributed by atoms with Crippen LogP contribution in [0.25, 0.3) is 22.3 Å². The number of methoxy groups -OCH3 is 1. The highest BCUT2D eigenvalue weighted by Crippen LogP contribution is 2.48. The number of aryl methyl sites for hydroxylation is 2. The van der Waals surface area contributed by atoms with Crippen molar-refractivity contribution in [2.24, 2.45) is 0 Å². The molecule has 0 atom stereocenters. The highest BCUT2D eigenvalue weighted by Gasteiger charge is 2.46. The third-order valence-electron chi connectivity index (χ3n) is 11.3. The first-order valence-corrected chi connectivity index (χ1v) is 23.0. The van der Waals surface area contributed by atoms with Crippen molar-refractivity contribution in [3.63, 3.8) is 0 Å². The lowest BCUT2D eigenvalue weighted by Crippen LogP contribution is -2.33. The van der Waals surface area contributed by atoms with E-state index in [2.05, 4.69) is 34.6 Å². The van der Waals surface area contributed by atoms with Crippen LogP contribution in [0.2, 0.25) is 0 Å². The lowest BCUT2D eigenvalue weighted by atomic mass is 9.85. The molecule has 2 aliphatic heterocycles. The number of ether oxygens (including phenoxy) is 1. The number of amides is 2. The Bertz CT molecular complexity index is 3000. The van der Waals surface area contributed by atoms with Crippen LogP contribution in [-0.2, 0) is 45.2 Å². The highest BCUT2D eigenvalue weighted by atomic mass is 32.2. The summed E-state index contributed by atoms with van der Waals surface area (Å²) in [7, 11) is -3.18. The van der Waals surface area contributed by atoms with Crippen molar-refractivity contribution in [1.82, 2.24) is 38.9 Å². The Kier molecular flexibility index (Phi) is 12.3. The van der Waals surface area contributed by atoms with Crippen LogP contribution in [-0.4, -0.2) is 97.2 Å². The Hall–Kier alpha value is -6.38. The predicted molar refractivity (Wildman–Crippen MR) is 241 cm³/mol. The molecule has 0 saturated carbocycles. The third-order valence-corrected chi connectivity index (χ3v) is 14.5. The number of sulfonamides is 2. The normalized spacial score (nSPS) is 15.2. The summed E-state index contributed by atoms with van der Waals surface area (Å²) in [6, 6.07) is 14.5. The molecule has 2 aliphatic rings. The van der Waals surface area contributed by atoms with Crippen LogP contribution in [0, 0.1) is 13.8 Å². The quantitative estimate of drug-likeness (QED) is 0.164. The zero-order valence-electron chi connectivity index (χ0n) is 36.9. The number of fused-ring (bicyclic) bond motifs is 2. The van der Waals surface area contributed by atoms with Gasteiger partial charge in [-0.25, -0.2) is 41.5 Å². The monoisotopic (exact) mass is 904 g/mol. The smallest absolute Gasteiger partial charge is 0.244 e. The fourth-order valence-electron chi connectivity index (χ4n) is 7.44. The van der Waals surface area contributed by atoms with Gasteiger partial charge >= 0.3 is 0 Å². The molecule has 2 amide bonds. The molecule has 19 heteroatoms. The first kappa shape index (κ1) is 45.6. The lowest BCUT2D eigenvalue weighted by Gasteiger charge is -2.22. The van der Waals surface area contributed by atoms with E-state index >= 15 is 0 Å². The second-order valence-electron chi connectivity index (χ2n) is 16.3. The molecule has 6 aromatic rings. The number of nitrogens with zero attached hydrogens (tertiary/aromatic N) is 9. The fraction of sp³-hybridized carbons (Fsp3) is 0.289. The molecule has 0 unspecified atom stereocenters. The Labute approximate surface area is 372 Å².